The Labute approximate surface area is 310 Å². The highest BCUT2D eigenvalue weighted by Crippen LogP contribution is 2.45. The number of hydrogen-bond donors (Lipinski definition) is 0. The molecule has 0 bridgehead atoms. The Hall–Kier alpha value is -7.37. The summed E-state index contributed by atoms with van der Waals surface area (Å²) in [5.41, 5.74) is 12.8. The van der Waals surface area contributed by atoms with Gasteiger partial charge in [0, 0.05) is 56.3 Å². The van der Waals surface area contributed by atoms with Crippen molar-refractivity contribution in [3.8, 4) is 28.3 Å². The quantitative estimate of drug-likeness (QED) is 0.174. The predicted molar refractivity (Wildman–Crippen MR) is 221 cm³/mol. The van der Waals surface area contributed by atoms with E-state index < -0.39 is 0 Å². The summed E-state index contributed by atoms with van der Waals surface area (Å²) in [5, 5.41) is 4.42. The Balaban J connectivity index is 1.12. The van der Waals surface area contributed by atoms with Crippen LogP contribution in [0.4, 0.5) is 17.1 Å². The molecule has 0 saturated heterocycles. The van der Waals surface area contributed by atoms with Gasteiger partial charge in [0.1, 0.15) is 16.7 Å². The number of benzene rings is 8. The van der Waals surface area contributed by atoms with E-state index in [1.165, 1.54) is 16.3 Å². The molecule has 0 unspecified atom stereocenters. The molecule has 8 aromatic carbocycles. The number of fused-ring (bicyclic) bond motifs is 7. The van der Waals surface area contributed by atoms with Crippen LogP contribution in [0.25, 0.3) is 83.1 Å². The van der Waals surface area contributed by atoms with Gasteiger partial charge >= 0.3 is 0 Å². The molecule has 54 heavy (non-hydrogen) atoms. The van der Waals surface area contributed by atoms with Crippen molar-refractivity contribution in [2.75, 3.05) is 4.90 Å². The summed E-state index contributed by atoms with van der Waals surface area (Å²) in [4.78, 5) is 7.18. The predicted octanol–water partition coefficient (Wildman–Crippen LogP) is 13.6. The highest BCUT2D eigenvalue weighted by atomic mass is 16.4. The smallest absolute Gasteiger partial charge is 0.227 e. The van der Waals surface area contributed by atoms with Crippen LogP contribution in [0.15, 0.2) is 197 Å². The van der Waals surface area contributed by atoms with E-state index >= 15 is 0 Å². The highest BCUT2D eigenvalue weighted by molar-refractivity contribution is 6.15. The molecule has 0 aliphatic rings. The van der Waals surface area contributed by atoms with Crippen molar-refractivity contribution in [2.45, 2.75) is 0 Å². The number of oxazole rings is 1. The van der Waals surface area contributed by atoms with Gasteiger partial charge in [0.05, 0.1) is 16.7 Å². The molecule has 0 spiro atoms. The lowest BCUT2D eigenvalue weighted by atomic mass is 10.0. The van der Waals surface area contributed by atoms with Crippen molar-refractivity contribution in [3.05, 3.63) is 188 Å². The summed E-state index contributed by atoms with van der Waals surface area (Å²) >= 11 is 0. The third-order valence-corrected chi connectivity index (χ3v) is 10.4. The zero-order chi connectivity index (χ0) is 35.6. The number of nitrogens with zero attached hydrogens (tertiary/aromatic N) is 3. The molecule has 0 fully saturated rings. The zero-order valence-electron chi connectivity index (χ0n) is 29.1. The highest BCUT2D eigenvalue weighted by Gasteiger charge is 2.23. The number of aromatic nitrogens is 2. The van der Waals surface area contributed by atoms with E-state index in [1.54, 1.807) is 0 Å². The van der Waals surface area contributed by atoms with Gasteiger partial charge in [0.2, 0.25) is 5.89 Å². The van der Waals surface area contributed by atoms with E-state index in [0.717, 1.165) is 72.4 Å². The van der Waals surface area contributed by atoms with Crippen LogP contribution in [0.2, 0.25) is 0 Å². The fraction of sp³-hybridized carbons (Fsp3) is 0. The molecule has 11 rings (SSSR count). The lowest BCUT2D eigenvalue weighted by Crippen LogP contribution is -2.11. The minimum Gasteiger partial charge on any atom is -0.456 e. The number of hydrogen-bond acceptors (Lipinski definition) is 4. The number of furan rings is 1. The van der Waals surface area contributed by atoms with Gasteiger partial charge in [-0.3, -0.25) is 0 Å². The maximum atomic E-state index is 6.62. The molecule has 5 nitrogen and oxygen atoms in total. The lowest BCUT2D eigenvalue weighted by Gasteiger charge is -2.27. The molecule has 0 aliphatic carbocycles. The van der Waals surface area contributed by atoms with Crippen LogP contribution >= 0.6 is 0 Å². The van der Waals surface area contributed by atoms with Gasteiger partial charge in [0.25, 0.3) is 0 Å². The van der Waals surface area contributed by atoms with E-state index in [9.17, 15) is 0 Å². The lowest BCUT2D eigenvalue weighted by molar-refractivity contribution is 0.617. The Bertz CT molecular complexity index is 3140. The second-order valence-electron chi connectivity index (χ2n) is 13.6. The molecule has 3 aromatic heterocycles. The molecule has 11 aromatic rings. The van der Waals surface area contributed by atoms with Gasteiger partial charge in [-0.25, -0.2) is 4.98 Å². The standard InChI is InChI=1S/C49H31N3O2/c1-4-13-32(14-5-1)33-23-25-36(26-24-33)51(44-22-12-20-40-38-19-10-11-21-43(38)52(48(40)44)35-17-8-3-9-18-35)37-27-28-39-41-30-42-47(31-46(41)53-45(39)29-37)54-49(50-42)34-15-6-2-7-16-34/h1-31H. The van der Waals surface area contributed by atoms with Gasteiger partial charge in [-0.15, -0.1) is 0 Å². The minimum atomic E-state index is 0.598. The maximum absolute atomic E-state index is 6.62. The number of para-hydroxylation sites is 3. The van der Waals surface area contributed by atoms with Crippen LogP contribution < -0.4 is 4.90 Å². The van der Waals surface area contributed by atoms with Crippen molar-refractivity contribution in [2.24, 2.45) is 0 Å². The van der Waals surface area contributed by atoms with E-state index in [4.69, 9.17) is 13.8 Å². The van der Waals surface area contributed by atoms with Crippen molar-refractivity contribution in [1.29, 1.82) is 0 Å². The summed E-state index contributed by atoms with van der Waals surface area (Å²) in [6.07, 6.45) is 0. The van der Waals surface area contributed by atoms with E-state index in [1.807, 2.05) is 36.4 Å². The average Bonchev–Trinajstić information content (AvgIpc) is 3.93. The summed E-state index contributed by atoms with van der Waals surface area (Å²) in [6.45, 7) is 0. The van der Waals surface area contributed by atoms with Crippen molar-refractivity contribution in [1.82, 2.24) is 9.55 Å². The van der Waals surface area contributed by atoms with Gasteiger partial charge in [-0.2, -0.15) is 0 Å². The van der Waals surface area contributed by atoms with E-state index in [-0.39, 0.29) is 0 Å². The van der Waals surface area contributed by atoms with Gasteiger partial charge in [-0.05, 0) is 77.9 Å². The Morgan fingerprint density at radius 1 is 0.426 bits per heavy atom. The molecule has 254 valence electrons. The first-order valence-electron chi connectivity index (χ1n) is 18.1. The summed E-state index contributed by atoms with van der Waals surface area (Å²) in [5.74, 6) is 0.598. The van der Waals surface area contributed by atoms with E-state index in [0.29, 0.717) is 11.5 Å². The van der Waals surface area contributed by atoms with Gasteiger partial charge in [0.15, 0.2) is 5.58 Å². The monoisotopic (exact) mass is 693 g/mol. The molecular formula is C49H31N3O2. The molecule has 0 atom stereocenters. The SMILES string of the molecule is c1ccc(-c2ccc(N(c3ccc4c(c3)oc3cc5oc(-c6ccccc6)nc5cc34)c3cccc4c5ccccc5n(-c5ccccc5)c34)cc2)cc1. The maximum Gasteiger partial charge on any atom is 0.227 e. The Morgan fingerprint density at radius 2 is 1.07 bits per heavy atom. The first kappa shape index (κ1) is 30.3. The van der Waals surface area contributed by atoms with Crippen LogP contribution in [0.5, 0.6) is 0 Å². The first-order valence-corrected chi connectivity index (χ1v) is 18.1. The van der Waals surface area contributed by atoms with Crippen LogP contribution in [-0.2, 0) is 0 Å². The second kappa shape index (κ2) is 12.1. The third-order valence-electron chi connectivity index (χ3n) is 10.4. The van der Waals surface area contributed by atoms with Crippen LogP contribution in [0.3, 0.4) is 0 Å². The molecule has 0 aliphatic heterocycles. The van der Waals surface area contributed by atoms with Crippen molar-refractivity contribution >= 4 is 71.9 Å². The first-order chi connectivity index (χ1) is 26.8. The number of rotatable bonds is 6. The summed E-state index contributed by atoms with van der Waals surface area (Å²) < 4.78 is 15.2. The fourth-order valence-electron chi connectivity index (χ4n) is 7.92. The second-order valence-corrected chi connectivity index (χ2v) is 13.6. The zero-order valence-corrected chi connectivity index (χ0v) is 29.1. The van der Waals surface area contributed by atoms with Crippen molar-refractivity contribution < 1.29 is 8.83 Å². The normalized spacial score (nSPS) is 11.7. The third kappa shape index (κ3) is 4.83. The molecule has 0 N–H and O–H groups in total. The summed E-state index contributed by atoms with van der Waals surface area (Å²) in [7, 11) is 0. The Morgan fingerprint density at radius 3 is 1.87 bits per heavy atom. The molecule has 0 amide bonds. The van der Waals surface area contributed by atoms with Crippen LogP contribution in [0, 0.1) is 0 Å². The summed E-state index contributed by atoms with van der Waals surface area (Å²) in [6, 6.07) is 65.8. The topological polar surface area (TPSA) is 47.3 Å². The largest absolute Gasteiger partial charge is 0.456 e. The molecular weight excluding hydrogens is 663 g/mol. The number of anilines is 3. The van der Waals surface area contributed by atoms with Crippen LogP contribution in [-0.4, -0.2) is 9.55 Å². The van der Waals surface area contributed by atoms with Gasteiger partial charge in [-0.1, -0.05) is 109 Å². The van der Waals surface area contributed by atoms with Crippen molar-refractivity contribution in [3.63, 3.8) is 0 Å². The minimum absolute atomic E-state index is 0.598. The molecule has 3 heterocycles. The van der Waals surface area contributed by atoms with Crippen LogP contribution in [0.1, 0.15) is 0 Å². The Kier molecular flexibility index (Phi) is 6.79. The van der Waals surface area contributed by atoms with Gasteiger partial charge < -0.3 is 18.3 Å². The fourth-order valence-corrected chi connectivity index (χ4v) is 7.92. The average molecular weight is 694 g/mol. The molecule has 0 radical (unpaired) electrons. The molecule has 0 saturated carbocycles. The molecule has 5 heteroatoms. The van der Waals surface area contributed by atoms with E-state index in [2.05, 4.69) is 161 Å².